The first kappa shape index (κ1) is 21.6. The summed E-state index contributed by atoms with van der Waals surface area (Å²) in [6.07, 6.45) is 1.14. The molecule has 0 aliphatic heterocycles. The van der Waals surface area contributed by atoms with E-state index in [-0.39, 0.29) is 5.91 Å². The van der Waals surface area contributed by atoms with E-state index < -0.39 is 12.1 Å². The Labute approximate surface area is 185 Å². The minimum Gasteiger partial charge on any atom is -0.354 e. The van der Waals surface area contributed by atoms with E-state index in [9.17, 15) is 9.59 Å². The predicted molar refractivity (Wildman–Crippen MR) is 123 cm³/mol. The van der Waals surface area contributed by atoms with E-state index in [1.807, 2.05) is 72.8 Å². The summed E-state index contributed by atoms with van der Waals surface area (Å²) in [6.45, 7) is 0.503. The van der Waals surface area contributed by atoms with Gasteiger partial charge in [0, 0.05) is 23.1 Å². The molecular formula is C24H24BrN3O2. The van der Waals surface area contributed by atoms with Gasteiger partial charge in [-0.05, 0) is 35.7 Å². The number of hydrogen-bond donors (Lipinski definition) is 3. The highest BCUT2D eigenvalue weighted by Crippen LogP contribution is 2.15. The van der Waals surface area contributed by atoms with Crippen molar-refractivity contribution in [2.45, 2.75) is 18.9 Å². The Balaban J connectivity index is 1.61. The van der Waals surface area contributed by atoms with Crippen LogP contribution in [-0.2, 0) is 17.6 Å². The standard InChI is InChI=1S/C24H24BrN3O2/c25-20-12-7-13-21(17-20)27-24(30)28-22(16-19-10-5-2-6-11-19)23(29)26-15-14-18-8-3-1-4-9-18/h1-13,17,22H,14-16H2,(H,26,29)(H2,27,28,30). The normalized spacial score (nSPS) is 11.4. The highest BCUT2D eigenvalue weighted by Gasteiger charge is 2.21. The van der Waals surface area contributed by atoms with Gasteiger partial charge in [0.2, 0.25) is 5.91 Å². The molecular weight excluding hydrogens is 442 g/mol. The summed E-state index contributed by atoms with van der Waals surface area (Å²) in [5.41, 5.74) is 2.77. The molecule has 0 saturated carbocycles. The summed E-state index contributed by atoms with van der Waals surface area (Å²) in [6, 6.07) is 25.8. The van der Waals surface area contributed by atoms with Gasteiger partial charge in [0.1, 0.15) is 6.04 Å². The van der Waals surface area contributed by atoms with Crippen LogP contribution < -0.4 is 16.0 Å². The van der Waals surface area contributed by atoms with Crippen molar-refractivity contribution in [2.75, 3.05) is 11.9 Å². The number of anilines is 1. The van der Waals surface area contributed by atoms with Crippen LogP contribution >= 0.6 is 15.9 Å². The lowest BCUT2D eigenvalue weighted by Crippen LogP contribution is -2.49. The fourth-order valence-electron chi connectivity index (χ4n) is 3.05. The second kappa shape index (κ2) is 11.2. The average Bonchev–Trinajstić information content (AvgIpc) is 2.74. The Kier molecular flexibility index (Phi) is 8.03. The molecule has 0 fully saturated rings. The number of halogens is 1. The van der Waals surface area contributed by atoms with Gasteiger partial charge >= 0.3 is 6.03 Å². The topological polar surface area (TPSA) is 70.2 Å². The number of hydrogen-bond acceptors (Lipinski definition) is 2. The highest BCUT2D eigenvalue weighted by molar-refractivity contribution is 9.10. The third-order valence-corrected chi connectivity index (χ3v) is 5.04. The molecule has 0 spiro atoms. The minimum atomic E-state index is -0.685. The lowest BCUT2D eigenvalue weighted by atomic mass is 10.1. The first-order chi connectivity index (χ1) is 14.6. The molecule has 0 heterocycles. The van der Waals surface area contributed by atoms with Gasteiger partial charge in [0.05, 0.1) is 0 Å². The van der Waals surface area contributed by atoms with Gasteiger partial charge in [-0.1, -0.05) is 82.7 Å². The molecule has 0 aromatic heterocycles. The number of benzene rings is 3. The summed E-state index contributed by atoms with van der Waals surface area (Å²) in [5, 5.41) is 8.52. The maximum Gasteiger partial charge on any atom is 0.319 e. The Morgan fingerprint density at radius 1 is 0.833 bits per heavy atom. The SMILES string of the molecule is O=C(Nc1cccc(Br)c1)NC(Cc1ccccc1)C(=O)NCCc1ccccc1. The van der Waals surface area contributed by atoms with E-state index in [4.69, 9.17) is 0 Å². The van der Waals surface area contributed by atoms with Crippen molar-refractivity contribution in [2.24, 2.45) is 0 Å². The van der Waals surface area contributed by atoms with Crippen molar-refractivity contribution in [1.82, 2.24) is 10.6 Å². The molecule has 0 saturated heterocycles. The van der Waals surface area contributed by atoms with Crippen molar-refractivity contribution in [1.29, 1.82) is 0 Å². The molecule has 1 unspecified atom stereocenters. The molecule has 5 nitrogen and oxygen atoms in total. The zero-order valence-electron chi connectivity index (χ0n) is 16.5. The quantitative estimate of drug-likeness (QED) is 0.456. The van der Waals surface area contributed by atoms with Gasteiger partial charge in [0.15, 0.2) is 0 Å². The molecule has 3 aromatic rings. The maximum atomic E-state index is 12.8. The summed E-state index contributed by atoms with van der Waals surface area (Å²) in [7, 11) is 0. The van der Waals surface area contributed by atoms with E-state index in [0.29, 0.717) is 18.7 Å². The van der Waals surface area contributed by atoms with Crippen LogP contribution in [0, 0.1) is 0 Å². The largest absolute Gasteiger partial charge is 0.354 e. The van der Waals surface area contributed by atoms with Crippen LogP contribution in [0.15, 0.2) is 89.4 Å². The van der Waals surface area contributed by atoms with Crippen LogP contribution in [0.3, 0.4) is 0 Å². The van der Waals surface area contributed by atoms with E-state index in [2.05, 4.69) is 31.9 Å². The summed E-state index contributed by atoms with van der Waals surface area (Å²) in [4.78, 5) is 25.3. The third-order valence-electron chi connectivity index (χ3n) is 4.54. The van der Waals surface area contributed by atoms with Crippen molar-refractivity contribution in [3.8, 4) is 0 Å². The van der Waals surface area contributed by atoms with Crippen molar-refractivity contribution in [3.05, 3.63) is 101 Å². The minimum absolute atomic E-state index is 0.209. The van der Waals surface area contributed by atoms with E-state index >= 15 is 0 Å². The van der Waals surface area contributed by atoms with E-state index in [1.54, 1.807) is 12.1 Å². The molecule has 3 N–H and O–H groups in total. The molecule has 0 bridgehead atoms. The smallest absolute Gasteiger partial charge is 0.319 e. The van der Waals surface area contributed by atoms with Crippen LogP contribution in [0.5, 0.6) is 0 Å². The van der Waals surface area contributed by atoms with Crippen molar-refractivity contribution in [3.63, 3.8) is 0 Å². The second-order valence-corrected chi connectivity index (χ2v) is 7.79. The van der Waals surface area contributed by atoms with Gasteiger partial charge in [-0.2, -0.15) is 0 Å². The third kappa shape index (κ3) is 7.04. The summed E-state index contributed by atoms with van der Waals surface area (Å²) in [5.74, 6) is -0.209. The van der Waals surface area contributed by atoms with Crippen molar-refractivity contribution < 1.29 is 9.59 Å². The predicted octanol–water partition coefficient (Wildman–Crippen LogP) is 4.54. The molecule has 30 heavy (non-hydrogen) atoms. The van der Waals surface area contributed by atoms with E-state index in [1.165, 1.54) is 0 Å². The summed E-state index contributed by atoms with van der Waals surface area (Å²) < 4.78 is 0.861. The van der Waals surface area contributed by atoms with Crippen LogP contribution in [0.2, 0.25) is 0 Å². The molecule has 0 aliphatic rings. The molecule has 0 aliphatic carbocycles. The number of rotatable bonds is 8. The summed E-state index contributed by atoms with van der Waals surface area (Å²) >= 11 is 3.38. The van der Waals surface area contributed by atoms with Crippen molar-refractivity contribution >= 4 is 33.6 Å². The van der Waals surface area contributed by atoms with Gasteiger partial charge in [-0.3, -0.25) is 4.79 Å². The van der Waals surface area contributed by atoms with E-state index in [0.717, 1.165) is 22.0 Å². The second-order valence-electron chi connectivity index (χ2n) is 6.88. The number of carbonyl (C=O) groups is 2. The van der Waals surface area contributed by atoms with Crippen LogP contribution in [0.1, 0.15) is 11.1 Å². The number of carbonyl (C=O) groups excluding carboxylic acids is 2. The maximum absolute atomic E-state index is 12.8. The molecule has 6 heteroatoms. The Hall–Kier alpha value is -3.12. The molecule has 3 amide bonds. The fourth-order valence-corrected chi connectivity index (χ4v) is 3.45. The number of urea groups is 1. The lowest BCUT2D eigenvalue weighted by Gasteiger charge is -2.19. The first-order valence-corrected chi connectivity index (χ1v) is 10.6. The zero-order valence-corrected chi connectivity index (χ0v) is 18.1. The number of nitrogens with one attached hydrogen (secondary N) is 3. The Bertz CT molecular complexity index is 964. The molecule has 154 valence electrons. The lowest BCUT2D eigenvalue weighted by molar-refractivity contribution is -0.122. The Morgan fingerprint density at radius 2 is 1.50 bits per heavy atom. The molecule has 3 aromatic carbocycles. The first-order valence-electron chi connectivity index (χ1n) is 9.79. The highest BCUT2D eigenvalue weighted by atomic mass is 79.9. The van der Waals surface area contributed by atoms with Gasteiger partial charge in [-0.25, -0.2) is 4.79 Å². The fraction of sp³-hybridized carbons (Fsp3) is 0.167. The molecule has 3 rings (SSSR count). The van der Waals surface area contributed by atoms with Gasteiger partial charge < -0.3 is 16.0 Å². The average molecular weight is 466 g/mol. The van der Waals surface area contributed by atoms with Crippen LogP contribution in [0.25, 0.3) is 0 Å². The monoisotopic (exact) mass is 465 g/mol. The number of amides is 3. The molecule has 0 radical (unpaired) electrons. The zero-order chi connectivity index (χ0) is 21.2. The van der Waals surface area contributed by atoms with Crippen LogP contribution in [-0.4, -0.2) is 24.5 Å². The van der Waals surface area contributed by atoms with Crippen LogP contribution in [0.4, 0.5) is 10.5 Å². The Morgan fingerprint density at radius 3 is 2.17 bits per heavy atom. The van der Waals surface area contributed by atoms with Gasteiger partial charge in [-0.15, -0.1) is 0 Å². The molecule has 1 atom stereocenters. The van der Waals surface area contributed by atoms with Gasteiger partial charge in [0.25, 0.3) is 0 Å².